The number of hydrogen-bond donors (Lipinski definition) is 3. The lowest BCUT2D eigenvalue weighted by molar-refractivity contribution is 0.243. The Balaban J connectivity index is 2.60. The maximum atomic E-state index is 11.9. The molecule has 0 saturated heterocycles. The second-order valence-electron chi connectivity index (χ2n) is 4.33. The molecule has 0 saturated carbocycles. The van der Waals surface area contributed by atoms with E-state index >= 15 is 0 Å². The molecule has 0 aliphatic heterocycles. The quantitative estimate of drug-likeness (QED) is 0.767. The van der Waals surface area contributed by atoms with Gasteiger partial charge in [-0.05, 0) is 53.7 Å². The minimum atomic E-state index is -0.274. The molecule has 2 atom stereocenters. The summed E-state index contributed by atoms with van der Waals surface area (Å²) in [7, 11) is 0. The molecule has 1 aromatic rings. The van der Waals surface area contributed by atoms with E-state index in [-0.39, 0.29) is 23.9 Å². The van der Waals surface area contributed by atoms with E-state index in [1.807, 2.05) is 38.3 Å². The minimum Gasteiger partial charge on any atom is -0.395 e. The number of urea groups is 1. The van der Waals surface area contributed by atoms with Crippen LogP contribution in [0.5, 0.6) is 0 Å². The molecule has 2 unspecified atom stereocenters. The van der Waals surface area contributed by atoms with Crippen LogP contribution in [0, 0.1) is 6.92 Å². The molecule has 0 fully saturated rings. The van der Waals surface area contributed by atoms with Gasteiger partial charge in [0.25, 0.3) is 0 Å². The summed E-state index contributed by atoms with van der Waals surface area (Å²) in [5.74, 6) is 0. The molecular formula is C13H19BrN2O2S. The van der Waals surface area contributed by atoms with Crippen molar-refractivity contribution in [2.45, 2.75) is 25.1 Å². The molecule has 19 heavy (non-hydrogen) atoms. The largest absolute Gasteiger partial charge is 0.395 e. The number of thioether (sulfide) groups is 1. The summed E-state index contributed by atoms with van der Waals surface area (Å²) >= 11 is 4.94. The number of amides is 2. The predicted molar refractivity (Wildman–Crippen MR) is 84.9 cm³/mol. The van der Waals surface area contributed by atoms with Crippen LogP contribution >= 0.6 is 27.7 Å². The molecule has 0 aliphatic carbocycles. The molecule has 0 heterocycles. The van der Waals surface area contributed by atoms with Crippen molar-refractivity contribution >= 4 is 39.4 Å². The molecule has 1 aromatic carbocycles. The summed E-state index contributed by atoms with van der Waals surface area (Å²) < 4.78 is 0.846. The number of carbonyl (C=O) groups excluding carboxylic acids is 1. The molecule has 1 rings (SSSR count). The van der Waals surface area contributed by atoms with Crippen LogP contribution in [0.2, 0.25) is 0 Å². The second-order valence-corrected chi connectivity index (χ2v) is 6.26. The molecular weight excluding hydrogens is 328 g/mol. The minimum absolute atomic E-state index is 0.00721. The molecule has 0 radical (unpaired) electrons. The third kappa shape index (κ3) is 5.04. The van der Waals surface area contributed by atoms with Crippen molar-refractivity contribution in [3.05, 3.63) is 28.2 Å². The highest BCUT2D eigenvalue weighted by Gasteiger charge is 2.17. The summed E-state index contributed by atoms with van der Waals surface area (Å²) in [6, 6.07) is 5.34. The number of aliphatic hydroxyl groups excluding tert-OH is 1. The van der Waals surface area contributed by atoms with Gasteiger partial charge in [-0.1, -0.05) is 6.07 Å². The topological polar surface area (TPSA) is 61.4 Å². The highest BCUT2D eigenvalue weighted by Crippen LogP contribution is 2.23. The van der Waals surface area contributed by atoms with Gasteiger partial charge >= 0.3 is 6.03 Å². The van der Waals surface area contributed by atoms with E-state index in [0.717, 1.165) is 15.7 Å². The molecule has 0 spiro atoms. The van der Waals surface area contributed by atoms with Crippen molar-refractivity contribution in [1.29, 1.82) is 0 Å². The van der Waals surface area contributed by atoms with Crippen molar-refractivity contribution in [3.63, 3.8) is 0 Å². The second kappa shape index (κ2) is 7.77. The first-order valence-electron chi connectivity index (χ1n) is 5.95. The fourth-order valence-electron chi connectivity index (χ4n) is 1.62. The van der Waals surface area contributed by atoms with Gasteiger partial charge in [0.05, 0.1) is 12.3 Å². The molecule has 2 amide bonds. The molecule has 106 valence electrons. The Bertz CT molecular complexity index is 439. The first-order chi connectivity index (χ1) is 8.97. The Hall–Kier alpha value is -0.720. The van der Waals surface area contributed by atoms with Crippen LogP contribution in [-0.4, -0.2) is 35.3 Å². The van der Waals surface area contributed by atoms with E-state index in [0.29, 0.717) is 0 Å². The van der Waals surface area contributed by atoms with Crippen LogP contribution in [0.4, 0.5) is 10.5 Å². The van der Waals surface area contributed by atoms with E-state index in [1.54, 1.807) is 0 Å². The number of benzene rings is 1. The summed E-state index contributed by atoms with van der Waals surface area (Å²) in [5.41, 5.74) is 1.84. The van der Waals surface area contributed by atoms with Gasteiger partial charge in [0.1, 0.15) is 0 Å². The summed E-state index contributed by atoms with van der Waals surface area (Å²) in [6.07, 6.45) is 1.91. The van der Waals surface area contributed by atoms with Gasteiger partial charge in [-0.25, -0.2) is 4.79 Å². The van der Waals surface area contributed by atoms with Gasteiger partial charge in [-0.2, -0.15) is 11.8 Å². The van der Waals surface area contributed by atoms with Crippen LogP contribution in [0.15, 0.2) is 22.7 Å². The van der Waals surface area contributed by atoms with Gasteiger partial charge in [-0.15, -0.1) is 0 Å². The molecule has 4 nitrogen and oxygen atoms in total. The van der Waals surface area contributed by atoms with Crippen LogP contribution in [0.25, 0.3) is 0 Å². The normalized spacial score (nSPS) is 13.7. The summed E-state index contributed by atoms with van der Waals surface area (Å²) in [5, 5.41) is 14.8. The number of aryl methyl sites for hydroxylation is 1. The standard InChI is InChI=1S/C13H19BrN2O2S/c1-8-4-5-11(10(14)6-8)16-13(18)15-9(2)12(7-17)19-3/h4-6,9,12,17H,7H2,1-3H3,(H2,15,16,18). The van der Waals surface area contributed by atoms with Crippen molar-refractivity contribution in [2.24, 2.45) is 0 Å². The Morgan fingerprint density at radius 3 is 2.74 bits per heavy atom. The van der Waals surface area contributed by atoms with E-state index in [2.05, 4.69) is 26.6 Å². The zero-order valence-electron chi connectivity index (χ0n) is 11.2. The third-order valence-corrected chi connectivity index (χ3v) is 4.59. The number of halogens is 1. The summed E-state index contributed by atoms with van der Waals surface area (Å²) in [4.78, 5) is 11.9. The molecule has 0 aliphatic rings. The Morgan fingerprint density at radius 1 is 1.53 bits per heavy atom. The maximum absolute atomic E-state index is 11.9. The van der Waals surface area contributed by atoms with E-state index in [1.165, 1.54) is 11.8 Å². The van der Waals surface area contributed by atoms with Crippen molar-refractivity contribution in [1.82, 2.24) is 5.32 Å². The van der Waals surface area contributed by atoms with Crippen molar-refractivity contribution in [2.75, 3.05) is 18.2 Å². The first kappa shape index (κ1) is 16.3. The van der Waals surface area contributed by atoms with Gasteiger partial charge in [-0.3, -0.25) is 0 Å². The molecule has 3 N–H and O–H groups in total. The summed E-state index contributed by atoms with van der Waals surface area (Å²) in [6.45, 7) is 3.90. The van der Waals surface area contributed by atoms with Gasteiger partial charge in [0, 0.05) is 15.8 Å². The maximum Gasteiger partial charge on any atom is 0.319 e. The van der Waals surface area contributed by atoms with E-state index in [9.17, 15) is 9.90 Å². The smallest absolute Gasteiger partial charge is 0.319 e. The average Bonchev–Trinajstić information content (AvgIpc) is 2.34. The van der Waals surface area contributed by atoms with Crippen molar-refractivity contribution < 1.29 is 9.90 Å². The fraction of sp³-hybridized carbons (Fsp3) is 0.462. The fourth-order valence-corrected chi connectivity index (χ4v) is 2.83. The number of carbonyl (C=O) groups is 1. The third-order valence-electron chi connectivity index (χ3n) is 2.77. The molecule has 0 aromatic heterocycles. The first-order valence-corrected chi connectivity index (χ1v) is 8.03. The van der Waals surface area contributed by atoms with Gasteiger partial charge < -0.3 is 15.7 Å². The lowest BCUT2D eigenvalue weighted by Crippen LogP contribution is -2.43. The zero-order valence-corrected chi connectivity index (χ0v) is 13.6. The SMILES string of the molecule is CSC(CO)C(C)NC(=O)Nc1ccc(C)cc1Br. The Labute approximate surface area is 126 Å². The lowest BCUT2D eigenvalue weighted by atomic mass is 10.2. The number of rotatable bonds is 5. The van der Waals surface area contributed by atoms with Crippen LogP contribution in [0.3, 0.4) is 0 Å². The van der Waals surface area contributed by atoms with Gasteiger partial charge in [0.2, 0.25) is 0 Å². The average molecular weight is 347 g/mol. The van der Waals surface area contributed by atoms with Crippen LogP contribution in [-0.2, 0) is 0 Å². The van der Waals surface area contributed by atoms with Gasteiger partial charge in [0.15, 0.2) is 0 Å². The number of nitrogens with one attached hydrogen (secondary N) is 2. The van der Waals surface area contributed by atoms with E-state index < -0.39 is 0 Å². The number of anilines is 1. The molecule has 6 heteroatoms. The van der Waals surface area contributed by atoms with Crippen molar-refractivity contribution in [3.8, 4) is 0 Å². The highest BCUT2D eigenvalue weighted by atomic mass is 79.9. The zero-order chi connectivity index (χ0) is 14.4. The lowest BCUT2D eigenvalue weighted by Gasteiger charge is -2.21. The molecule has 0 bridgehead atoms. The predicted octanol–water partition coefficient (Wildman–Crippen LogP) is 2.99. The van der Waals surface area contributed by atoms with E-state index in [4.69, 9.17) is 0 Å². The van der Waals surface area contributed by atoms with Crippen LogP contribution in [0.1, 0.15) is 12.5 Å². The highest BCUT2D eigenvalue weighted by molar-refractivity contribution is 9.10. The monoisotopic (exact) mass is 346 g/mol. The number of hydrogen-bond acceptors (Lipinski definition) is 3. The Kier molecular flexibility index (Phi) is 6.68. The Morgan fingerprint density at radius 2 is 2.21 bits per heavy atom. The number of aliphatic hydroxyl groups is 1. The van der Waals surface area contributed by atoms with Crippen LogP contribution < -0.4 is 10.6 Å².